The molecule has 8 heteroatoms. The molecule has 0 amide bonds. The van der Waals surface area contributed by atoms with Crippen LogP contribution in [0.4, 0.5) is 11.4 Å². The Hall–Kier alpha value is -3.26. The summed E-state index contributed by atoms with van der Waals surface area (Å²) in [5.74, 6) is 0.546. The Bertz CT molecular complexity index is 1230. The van der Waals surface area contributed by atoms with Gasteiger partial charge in [-0.15, -0.1) is 0 Å². The van der Waals surface area contributed by atoms with Crippen molar-refractivity contribution in [1.82, 2.24) is 0 Å². The molecule has 2 heterocycles. The number of rotatable bonds is 6. The number of furan rings is 1. The minimum Gasteiger partial charge on any atom is -0.446 e. The Labute approximate surface area is 169 Å². The zero-order valence-electron chi connectivity index (χ0n) is 16.0. The molecule has 29 heavy (non-hydrogen) atoms. The van der Waals surface area contributed by atoms with Crippen molar-refractivity contribution in [1.29, 1.82) is 0 Å². The second-order valence-corrected chi connectivity index (χ2v) is 8.48. The second kappa shape index (κ2) is 7.63. The lowest BCUT2D eigenvalue weighted by Gasteiger charge is -2.24. The van der Waals surface area contributed by atoms with E-state index >= 15 is 0 Å². The van der Waals surface area contributed by atoms with Crippen LogP contribution in [0.25, 0.3) is 5.82 Å². The number of nitrogens with two attached hydrogens (primary N) is 1. The number of hydrogen-bond donors (Lipinski definition) is 2. The minimum absolute atomic E-state index is 0.237. The molecule has 3 N–H and O–H groups in total. The van der Waals surface area contributed by atoms with Crippen LogP contribution >= 0.6 is 0 Å². The van der Waals surface area contributed by atoms with Gasteiger partial charge in [-0.3, -0.25) is 4.72 Å². The third-order valence-corrected chi connectivity index (χ3v) is 6.17. The molecule has 1 aliphatic heterocycles. The number of aryl methyl sites for hydroxylation is 1. The second-order valence-electron chi connectivity index (χ2n) is 6.80. The van der Waals surface area contributed by atoms with Crippen LogP contribution in [-0.4, -0.2) is 15.1 Å². The van der Waals surface area contributed by atoms with E-state index in [2.05, 4.69) is 16.6 Å². The summed E-state index contributed by atoms with van der Waals surface area (Å²) >= 11 is 0. The molecule has 0 spiro atoms. The maximum absolute atomic E-state index is 12.6. The first-order chi connectivity index (χ1) is 14.0. The number of benzene rings is 2. The molecule has 0 aliphatic carbocycles. The molecule has 150 valence electrons. The maximum atomic E-state index is 12.6. The van der Waals surface area contributed by atoms with Gasteiger partial charge in [0.25, 0.3) is 10.0 Å². The van der Waals surface area contributed by atoms with E-state index < -0.39 is 10.0 Å². The van der Waals surface area contributed by atoms with Crippen molar-refractivity contribution in [3.63, 3.8) is 0 Å². The van der Waals surface area contributed by atoms with Crippen LogP contribution in [0.5, 0.6) is 0 Å². The van der Waals surface area contributed by atoms with E-state index in [1.165, 1.54) is 0 Å². The van der Waals surface area contributed by atoms with Crippen molar-refractivity contribution >= 4 is 27.2 Å². The summed E-state index contributed by atoms with van der Waals surface area (Å²) in [6, 6.07) is 15.8. The molecule has 1 aliphatic rings. The Morgan fingerprint density at radius 3 is 2.52 bits per heavy atom. The summed E-state index contributed by atoms with van der Waals surface area (Å²) in [5, 5.41) is 0.743. The van der Waals surface area contributed by atoms with Gasteiger partial charge in [-0.25, -0.2) is 13.4 Å². The first-order valence-corrected chi connectivity index (χ1v) is 10.8. The normalized spacial score (nSPS) is 13.7. The summed E-state index contributed by atoms with van der Waals surface area (Å²) in [5.41, 5.74) is 9.16. The molecule has 0 bridgehead atoms. The largest absolute Gasteiger partial charge is 0.446 e. The van der Waals surface area contributed by atoms with E-state index in [1.54, 1.807) is 48.7 Å². The van der Waals surface area contributed by atoms with Gasteiger partial charge in [-0.05, 0) is 54.4 Å². The van der Waals surface area contributed by atoms with E-state index in [0.717, 1.165) is 29.3 Å². The van der Waals surface area contributed by atoms with Crippen LogP contribution in [-0.2, 0) is 16.4 Å². The fraction of sp³-hybridized carbons (Fsp3) is 0.190. The van der Waals surface area contributed by atoms with Crippen molar-refractivity contribution in [3.8, 4) is 0 Å². The van der Waals surface area contributed by atoms with E-state index in [-0.39, 0.29) is 4.90 Å². The number of nitrogens with one attached hydrogen (secondary N) is 1. The molecule has 4 rings (SSSR count). The Morgan fingerprint density at radius 2 is 1.83 bits per heavy atom. The third kappa shape index (κ3) is 3.84. The van der Waals surface area contributed by atoms with Crippen LogP contribution in [0, 0.1) is 0 Å². The zero-order chi connectivity index (χ0) is 20.4. The van der Waals surface area contributed by atoms with Crippen LogP contribution in [0.15, 0.2) is 75.2 Å². The SMILES string of the molecule is CCCc1ccc(S(=O)(=O)Nc2ccc(N3CN=c4occc4=C3N)cc2)cc1. The number of nitrogens with zero attached hydrogens (tertiary/aromatic N) is 2. The molecule has 0 radical (unpaired) electrons. The molecule has 0 unspecified atom stereocenters. The number of fused-ring (bicyclic) bond motifs is 1. The van der Waals surface area contributed by atoms with E-state index in [9.17, 15) is 8.42 Å². The average molecular weight is 410 g/mol. The smallest absolute Gasteiger partial charge is 0.261 e. The molecule has 1 aromatic heterocycles. The molecule has 2 aromatic carbocycles. The van der Waals surface area contributed by atoms with Gasteiger partial charge >= 0.3 is 0 Å². The van der Waals surface area contributed by atoms with Gasteiger partial charge in [0.2, 0.25) is 5.55 Å². The summed E-state index contributed by atoms with van der Waals surface area (Å²) in [6.07, 6.45) is 3.50. The molecule has 3 aromatic rings. The van der Waals surface area contributed by atoms with Crippen molar-refractivity contribution in [2.24, 2.45) is 10.7 Å². The quantitative estimate of drug-likeness (QED) is 0.649. The first kappa shape index (κ1) is 19.1. The highest BCUT2D eigenvalue weighted by Gasteiger charge is 2.17. The number of anilines is 2. The van der Waals surface area contributed by atoms with Crippen molar-refractivity contribution < 1.29 is 12.8 Å². The highest BCUT2D eigenvalue weighted by atomic mass is 32.2. The predicted molar refractivity (Wildman–Crippen MR) is 112 cm³/mol. The van der Waals surface area contributed by atoms with Crippen LogP contribution < -0.4 is 26.1 Å². The van der Waals surface area contributed by atoms with Crippen LogP contribution in [0.2, 0.25) is 0 Å². The minimum atomic E-state index is -3.65. The summed E-state index contributed by atoms with van der Waals surface area (Å²) in [7, 11) is -3.65. The van der Waals surface area contributed by atoms with Gasteiger partial charge in [0.15, 0.2) is 0 Å². The van der Waals surface area contributed by atoms with Crippen molar-refractivity contribution in [3.05, 3.63) is 77.2 Å². The molecular weight excluding hydrogens is 388 g/mol. The zero-order valence-corrected chi connectivity index (χ0v) is 16.8. The topological polar surface area (TPSA) is 101 Å². The van der Waals surface area contributed by atoms with Gasteiger partial charge in [0.1, 0.15) is 12.5 Å². The standard InChI is InChI=1S/C21H22N4O3S/c1-2-3-15-4-10-18(11-5-15)29(26,27)24-16-6-8-17(9-7-16)25-14-23-21-19(20(25)22)12-13-28-21/h4-13,24H,2-3,14,22H2,1H3. The van der Waals surface area contributed by atoms with E-state index in [0.29, 0.717) is 23.7 Å². The Balaban J connectivity index is 1.52. The van der Waals surface area contributed by atoms with Gasteiger partial charge in [-0.1, -0.05) is 25.5 Å². The van der Waals surface area contributed by atoms with Gasteiger partial charge < -0.3 is 15.1 Å². The van der Waals surface area contributed by atoms with Gasteiger partial charge in [0, 0.05) is 11.4 Å². The Morgan fingerprint density at radius 1 is 1.10 bits per heavy atom. The molecule has 0 saturated carbocycles. The maximum Gasteiger partial charge on any atom is 0.261 e. The molecule has 0 fully saturated rings. The number of hydrogen-bond acceptors (Lipinski definition) is 6. The fourth-order valence-electron chi connectivity index (χ4n) is 3.24. The van der Waals surface area contributed by atoms with Crippen molar-refractivity contribution in [2.45, 2.75) is 24.7 Å². The molecular formula is C21H22N4O3S. The molecule has 7 nitrogen and oxygen atoms in total. The lowest BCUT2D eigenvalue weighted by Crippen LogP contribution is -2.42. The highest BCUT2D eigenvalue weighted by Crippen LogP contribution is 2.23. The highest BCUT2D eigenvalue weighted by molar-refractivity contribution is 7.92. The number of sulfonamides is 1. The lowest BCUT2D eigenvalue weighted by molar-refractivity contribution is 0.500. The first-order valence-electron chi connectivity index (χ1n) is 9.35. The van der Waals surface area contributed by atoms with Crippen LogP contribution in [0.1, 0.15) is 18.9 Å². The van der Waals surface area contributed by atoms with Crippen LogP contribution in [0.3, 0.4) is 0 Å². The molecule has 0 saturated heterocycles. The third-order valence-electron chi connectivity index (χ3n) is 4.77. The van der Waals surface area contributed by atoms with Crippen molar-refractivity contribution in [2.75, 3.05) is 16.3 Å². The molecule has 0 atom stereocenters. The summed E-state index contributed by atoms with van der Waals surface area (Å²) in [6.45, 7) is 2.43. The van der Waals surface area contributed by atoms with Gasteiger partial charge in [-0.2, -0.15) is 0 Å². The Kier molecular flexibility index (Phi) is 5.02. The van der Waals surface area contributed by atoms with E-state index in [4.69, 9.17) is 10.2 Å². The van der Waals surface area contributed by atoms with Gasteiger partial charge in [0.05, 0.1) is 16.4 Å². The summed E-state index contributed by atoms with van der Waals surface area (Å²) in [4.78, 5) is 6.42. The predicted octanol–water partition coefficient (Wildman–Crippen LogP) is 2.15. The monoisotopic (exact) mass is 410 g/mol. The summed E-state index contributed by atoms with van der Waals surface area (Å²) < 4.78 is 33.2. The lowest BCUT2D eigenvalue weighted by atomic mass is 10.1. The van der Waals surface area contributed by atoms with E-state index in [1.807, 2.05) is 17.0 Å². The average Bonchev–Trinajstić information content (AvgIpc) is 3.19. The fourth-order valence-corrected chi connectivity index (χ4v) is 4.30.